The summed E-state index contributed by atoms with van der Waals surface area (Å²) < 4.78 is 0. The number of nitrogens with zero attached hydrogens (tertiary/aromatic N) is 3. The van der Waals surface area contributed by atoms with E-state index in [0.29, 0.717) is 6.42 Å². The maximum absolute atomic E-state index is 12.2. The zero-order valence-electron chi connectivity index (χ0n) is 17.3. The third kappa shape index (κ3) is 3.95. The van der Waals surface area contributed by atoms with Crippen LogP contribution in [0, 0.1) is 0 Å². The largest absolute Gasteiger partial charge is 0.465 e. The summed E-state index contributed by atoms with van der Waals surface area (Å²) in [7, 11) is 0. The molecule has 2 atom stereocenters. The smallest absolute Gasteiger partial charge is 0.405 e. The number of benzene rings is 1. The SMILES string of the molecule is CC(=O)N1c2ccc(-c3ccc(N4CCNCC4)nc3)cc2C(NC(=O)O)CC1C. The minimum absolute atomic E-state index is 0.0488. The monoisotopic (exact) mass is 409 g/mol. The predicted octanol–water partition coefficient (Wildman–Crippen LogP) is 2.61. The summed E-state index contributed by atoms with van der Waals surface area (Å²) in [6.45, 7) is 7.26. The third-order valence-corrected chi connectivity index (χ3v) is 5.84. The van der Waals surface area contributed by atoms with Gasteiger partial charge >= 0.3 is 6.09 Å². The van der Waals surface area contributed by atoms with Crippen molar-refractivity contribution in [2.75, 3.05) is 36.0 Å². The number of piperazine rings is 1. The number of hydrogen-bond donors (Lipinski definition) is 3. The zero-order valence-corrected chi connectivity index (χ0v) is 17.3. The molecule has 30 heavy (non-hydrogen) atoms. The van der Waals surface area contributed by atoms with Crippen molar-refractivity contribution in [2.45, 2.75) is 32.4 Å². The molecule has 3 N–H and O–H groups in total. The topological polar surface area (TPSA) is 97.8 Å². The predicted molar refractivity (Wildman–Crippen MR) is 116 cm³/mol. The van der Waals surface area contributed by atoms with Gasteiger partial charge in [-0.05, 0) is 48.7 Å². The molecule has 1 fully saturated rings. The van der Waals surface area contributed by atoms with Crippen molar-refractivity contribution in [3.63, 3.8) is 0 Å². The molecule has 0 bridgehead atoms. The van der Waals surface area contributed by atoms with Gasteiger partial charge in [0.25, 0.3) is 0 Å². The van der Waals surface area contributed by atoms with Gasteiger partial charge < -0.3 is 25.5 Å². The van der Waals surface area contributed by atoms with Gasteiger partial charge in [-0.25, -0.2) is 9.78 Å². The molecular weight excluding hydrogens is 382 g/mol. The van der Waals surface area contributed by atoms with E-state index in [1.165, 1.54) is 6.92 Å². The standard InChI is InChI=1S/C22H27N5O3/c1-14-11-19(25-22(29)30)18-12-16(3-5-20(18)27(14)15(2)28)17-4-6-21(24-13-17)26-9-7-23-8-10-26/h3-6,12-14,19,23,25H,7-11H2,1-2H3,(H,29,30). The van der Waals surface area contributed by atoms with Crippen LogP contribution in [0.2, 0.25) is 0 Å². The fourth-order valence-corrected chi connectivity index (χ4v) is 4.45. The third-order valence-electron chi connectivity index (χ3n) is 5.84. The Hall–Kier alpha value is -3.13. The number of pyridine rings is 1. The maximum Gasteiger partial charge on any atom is 0.405 e. The van der Waals surface area contributed by atoms with Gasteiger partial charge in [0.05, 0.1) is 6.04 Å². The highest BCUT2D eigenvalue weighted by atomic mass is 16.4. The van der Waals surface area contributed by atoms with Gasteiger partial charge in [-0.3, -0.25) is 4.79 Å². The van der Waals surface area contributed by atoms with Crippen molar-refractivity contribution < 1.29 is 14.7 Å². The van der Waals surface area contributed by atoms with E-state index in [1.807, 2.05) is 43.5 Å². The quantitative estimate of drug-likeness (QED) is 0.721. The van der Waals surface area contributed by atoms with E-state index in [1.54, 1.807) is 4.90 Å². The number of carbonyl (C=O) groups excluding carboxylic acids is 1. The lowest BCUT2D eigenvalue weighted by Gasteiger charge is -2.39. The molecule has 8 heteroatoms. The van der Waals surface area contributed by atoms with Crippen LogP contribution in [0.3, 0.4) is 0 Å². The molecule has 0 spiro atoms. The van der Waals surface area contributed by atoms with E-state index in [0.717, 1.165) is 54.4 Å². The van der Waals surface area contributed by atoms with Crippen LogP contribution in [-0.4, -0.2) is 54.3 Å². The van der Waals surface area contributed by atoms with E-state index in [9.17, 15) is 14.7 Å². The van der Waals surface area contributed by atoms with Gasteiger partial charge in [0, 0.05) is 56.6 Å². The first-order valence-corrected chi connectivity index (χ1v) is 10.3. The fourth-order valence-electron chi connectivity index (χ4n) is 4.45. The Balaban J connectivity index is 1.67. The lowest BCUT2D eigenvalue weighted by Crippen LogP contribution is -2.45. The summed E-state index contributed by atoms with van der Waals surface area (Å²) in [5.41, 5.74) is 3.48. The lowest BCUT2D eigenvalue weighted by atomic mass is 9.89. The number of anilines is 2. The Morgan fingerprint density at radius 1 is 1.17 bits per heavy atom. The molecule has 2 aliphatic heterocycles. The van der Waals surface area contributed by atoms with Crippen molar-refractivity contribution in [2.24, 2.45) is 0 Å². The van der Waals surface area contributed by atoms with Crippen LogP contribution in [-0.2, 0) is 4.79 Å². The van der Waals surface area contributed by atoms with Crippen LogP contribution in [0.15, 0.2) is 36.5 Å². The average Bonchev–Trinajstić information content (AvgIpc) is 2.73. The molecule has 8 nitrogen and oxygen atoms in total. The van der Waals surface area contributed by atoms with Crippen molar-refractivity contribution >= 4 is 23.5 Å². The lowest BCUT2D eigenvalue weighted by molar-refractivity contribution is -0.117. The first kappa shape index (κ1) is 20.2. The summed E-state index contributed by atoms with van der Waals surface area (Å²) in [4.78, 5) is 32.2. The molecule has 2 amide bonds. The molecule has 0 aliphatic carbocycles. The van der Waals surface area contributed by atoms with Gasteiger partial charge in [-0.2, -0.15) is 0 Å². The van der Waals surface area contributed by atoms with Gasteiger partial charge in [-0.15, -0.1) is 0 Å². The van der Waals surface area contributed by atoms with Gasteiger partial charge in [0.1, 0.15) is 5.82 Å². The highest BCUT2D eigenvalue weighted by Crippen LogP contribution is 2.39. The highest BCUT2D eigenvalue weighted by Gasteiger charge is 2.33. The van der Waals surface area contributed by atoms with Crippen molar-refractivity contribution in [3.8, 4) is 11.1 Å². The fraction of sp³-hybridized carbons (Fsp3) is 0.409. The molecule has 158 valence electrons. The first-order chi connectivity index (χ1) is 14.4. The zero-order chi connectivity index (χ0) is 21.3. The van der Waals surface area contributed by atoms with Crippen LogP contribution in [0.1, 0.15) is 31.9 Å². The van der Waals surface area contributed by atoms with E-state index in [2.05, 4.69) is 20.5 Å². The first-order valence-electron chi connectivity index (χ1n) is 10.3. The number of aromatic nitrogens is 1. The normalized spacial score (nSPS) is 21.1. The van der Waals surface area contributed by atoms with Crippen LogP contribution < -0.4 is 20.4 Å². The number of nitrogens with one attached hydrogen (secondary N) is 2. The van der Waals surface area contributed by atoms with Crippen LogP contribution >= 0.6 is 0 Å². The summed E-state index contributed by atoms with van der Waals surface area (Å²) in [6, 6.07) is 9.46. The minimum Gasteiger partial charge on any atom is -0.465 e. The second-order valence-corrected chi connectivity index (χ2v) is 7.89. The minimum atomic E-state index is -1.07. The van der Waals surface area contributed by atoms with Gasteiger partial charge in [0.15, 0.2) is 0 Å². The number of amides is 2. The van der Waals surface area contributed by atoms with Crippen molar-refractivity contribution in [1.29, 1.82) is 0 Å². The van der Waals surface area contributed by atoms with E-state index in [-0.39, 0.29) is 18.0 Å². The number of rotatable bonds is 3. The Morgan fingerprint density at radius 3 is 2.53 bits per heavy atom. The number of carboxylic acid groups (broad SMARTS) is 1. The number of fused-ring (bicyclic) bond motifs is 1. The second kappa shape index (κ2) is 8.31. The Labute approximate surface area is 175 Å². The molecule has 0 radical (unpaired) electrons. The van der Waals surface area contributed by atoms with Crippen LogP contribution in [0.5, 0.6) is 0 Å². The van der Waals surface area contributed by atoms with Crippen LogP contribution in [0.25, 0.3) is 11.1 Å². The number of carbonyl (C=O) groups is 2. The molecule has 1 saturated heterocycles. The van der Waals surface area contributed by atoms with E-state index >= 15 is 0 Å². The maximum atomic E-state index is 12.2. The molecule has 2 unspecified atom stereocenters. The molecule has 0 saturated carbocycles. The second-order valence-electron chi connectivity index (χ2n) is 7.89. The Morgan fingerprint density at radius 2 is 1.90 bits per heavy atom. The summed E-state index contributed by atoms with van der Waals surface area (Å²) in [6.07, 6.45) is 1.32. The summed E-state index contributed by atoms with van der Waals surface area (Å²) in [5.74, 6) is 0.910. The number of hydrogen-bond acceptors (Lipinski definition) is 5. The molecular formula is C22H27N5O3. The van der Waals surface area contributed by atoms with Gasteiger partial charge in [0.2, 0.25) is 5.91 Å². The molecule has 4 rings (SSSR count). The summed E-state index contributed by atoms with van der Waals surface area (Å²) >= 11 is 0. The molecule has 3 heterocycles. The van der Waals surface area contributed by atoms with Crippen molar-refractivity contribution in [3.05, 3.63) is 42.1 Å². The average molecular weight is 409 g/mol. The van der Waals surface area contributed by atoms with Gasteiger partial charge in [-0.1, -0.05) is 6.07 Å². The highest BCUT2D eigenvalue weighted by molar-refractivity contribution is 5.94. The Bertz CT molecular complexity index is 940. The molecule has 2 aliphatic rings. The molecule has 1 aromatic carbocycles. The van der Waals surface area contributed by atoms with E-state index < -0.39 is 6.09 Å². The molecule has 1 aromatic heterocycles. The van der Waals surface area contributed by atoms with Crippen molar-refractivity contribution in [1.82, 2.24) is 15.6 Å². The van der Waals surface area contributed by atoms with E-state index in [4.69, 9.17) is 0 Å². The Kier molecular flexibility index (Phi) is 5.59. The van der Waals surface area contributed by atoms with Crippen LogP contribution in [0.4, 0.5) is 16.3 Å². The molecule has 2 aromatic rings. The summed E-state index contributed by atoms with van der Waals surface area (Å²) in [5, 5.41) is 15.2.